The highest BCUT2D eigenvalue weighted by atomic mass is 32.2. The first kappa shape index (κ1) is 23.9. The molecule has 2 heterocycles. The largest absolute Gasteiger partial charge is 0.478 e. The fraction of sp³-hybridized carbons (Fsp3) is 0.476. The molecule has 0 saturated carbocycles. The maximum Gasteiger partial charge on any atom is 0.312 e. The topological polar surface area (TPSA) is 121 Å². The van der Waals surface area contributed by atoms with Gasteiger partial charge in [0.2, 0.25) is 15.8 Å². The lowest BCUT2D eigenvalue weighted by Gasteiger charge is -2.26. The molecule has 0 aliphatic carbocycles. The molecular weight excluding hydrogens is 438 g/mol. The molecule has 0 unspecified atom stereocenters. The second-order valence-electron chi connectivity index (χ2n) is 7.86. The molecule has 0 amide bonds. The fourth-order valence-corrected chi connectivity index (χ4v) is 5.36. The Balaban J connectivity index is 1.82. The average molecular weight is 466 g/mol. The molecule has 1 aromatic carbocycles. The quantitative estimate of drug-likeness (QED) is 0.334. The van der Waals surface area contributed by atoms with Crippen molar-refractivity contribution >= 4 is 21.5 Å². The number of nitro groups is 1. The number of aryl methyl sites for hydroxylation is 1. The second kappa shape index (κ2) is 9.39. The predicted octanol–water partition coefficient (Wildman–Crippen LogP) is 2.88. The number of nitro benzene ring substituents is 1. The van der Waals surface area contributed by atoms with Crippen molar-refractivity contribution in [3.05, 3.63) is 51.3 Å². The van der Waals surface area contributed by atoms with Crippen molar-refractivity contribution in [3.63, 3.8) is 0 Å². The molecule has 0 spiro atoms. The number of rotatable bonds is 8. The third kappa shape index (κ3) is 4.69. The summed E-state index contributed by atoms with van der Waals surface area (Å²) in [6.07, 6.45) is 0. The van der Waals surface area contributed by atoms with E-state index >= 15 is 0 Å². The molecular formula is C21H27N3O7S. The molecule has 1 aliphatic heterocycles. The van der Waals surface area contributed by atoms with Crippen molar-refractivity contribution in [3.8, 4) is 5.75 Å². The van der Waals surface area contributed by atoms with Gasteiger partial charge in [-0.05, 0) is 45.9 Å². The van der Waals surface area contributed by atoms with Crippen LogP contribution < -0.4 is 4.74 Å². The fourth-order valence-electron chi connectivity index (χ4n) is 3.93. The Morgan fingerprint density at radius 1 is 1.22 bits per heavy atom. The van der Waals surface area contributed by atoms with Gasteiger partial charge in [-0.1, -0.05) is 0 Å². The summed E-state index contributed by atoms with van der Waals surface area (Å²) in [6, 6.07) is 5.39. The van der Waals surface area contributed by atoms with Gasteiger partial charge in [-0.3, -0.25) is 14.9 Å². The van der Waals surface area contributed by atoms with Gasteiger partial charge in [-0.2, -0.15) is 4.31 Å². The van der Waals surface area contributed by atoms with Gasteiger partial charge in [0, 0.05) is 42.1 Å². The van der Waals surface area contributed by atoms with Gasteiger partial charge < -0.3 is 14.0 Å². The Hall–Kier alpha value is -2.76. The number of aromatic nitrogens is 1. The van der Waals surface area contributed by atoms with Crippen LogP contribution >= 0.6 is 0 Å². The summed E-state index contributed by atoms with van der Waals surface area (Å²) in [7, 11) is -3.90. The lowest BCUT2D eigenvalue weighted by atomic mass is 10.1. The Bertz CT molecular complexity index is 1130. The van der Waals surface area contributed by atoms with Gasteiger partial charge in [-0.15, -0.1) is 0 Å². The molecule has 32 heavy (non-hydrogen) atoms. The van der Waals surface area contributed by atoms with E-state index in [0.29, 0.717) is 5.56 Å². The average Bonchev–Trinajstić information content (AvgIpc) is 3.06. The Morgan fingerprint density at radius 3 is 2.44 bits per heavy atom. The minimum atomic E-state index is -3.90. The van der Waals surface area contributed by atoms with Crippen LogP contribution in [-0.4, -0.2) is 60.9 Å². The van der Waals surface area contributed by atoms with Gasteiger partial charge in [0.05, 0.1) is 23.0 Å². The number of nitrogens with zero attached hydrogens (tertiary/aromatic N) is 3. The zero-order valence-corrected chi connectivity index (χ0v) is 19.3. The highest BCUT2D eigenvalue weighted by molar-refractivity contribution is 7.89. The van der Waals surface area contributed by atoms with E-state index in [1.807, 2.05) is 32.3 Å². The van der Waals surface area contributed by atoms with Crippen molar-refractivity contribution < 1.29 is 27.6 Å². The third-order valence-corrected chi connectivity index (χ3v) is 7.29. The highest BCUT2D eigenvalue weighted by Crippen LogP contribution is 2.31. The lowest BCUT2D eigenvalue weighted by molar-refractivity contribution is -0.386. The van der Waals surface area contributed by atoms with Crippen molar-refractivity contribution in [2.75, 3.05) is 32.9 Å². The monoisotopic (exact) mass is 465 g/mol. The number of morpholine rings is 1. The lowest BCUT2D eigenvalue weighted by Crippen LogP contribution is -2.40. The SMILES string of the molecule is Cc1cc(C(=O)COc2ccc(S(=O)(=O)N3CCOCC3)cc2[N+](=O)[O-])c(C)n1C(C)C. The second-order valence-corrected chi connectivity index (χ2v) is 9.80. The van der Waals surface area contributed by atoms with Crippen LogP contribution in [0.15, 0.2) is 29.2 Å². The Morgan fingerprint density at radius 2 is 1.88 bits per heavy atom. The number of ketones is 1. The normalized spacial score (nSPS) is 15.2. The van der Waals surface area contributed by atoms with Gasteiger partial charge in [0.1, 0.15) is 0 Å². The predicted molar refractivity (Wildman–Crippen MR) is 117 cm³/mol. The summed E-state index contributed by atoms with van der Waals surface area (Å²) in [5.74, 6) is -0.480. The molecule has 0 atom stereocenters. The number of hydrogen-bond donors (Lipinski definition) is 0. The van der Waals surface area contributed by atoms with Crippen molar-refractivity contribution in [1.82, 2.24) is 8.87 Å². The minimum Gasteiger partial charge on any atom is -0.478 e. The summed E-state index contributed by atoms with van der Waals surface area (Å²) in [4.78, 5) is 23.4. The van der Waals surface area contributed by atoms with E-state index in [9.17, 15) is 23.3 Å². The maximum absolute atomic E-state index is 12.8. The van der Waals surface area contributed by atoms with Crippen LogP contribution in [0.3, 0.4) is 0 Å². The zero-order valence-electron chi connectivity index (χ0n) is 18.5. The van der Waals surface area contributed by atoms with Crippen LogP contribution in [0.1, 0.15) is 41.6 Å². The number of carbonyl (C=O) groups is 1. The molecule has 0 bridgehead atoms. The van der Waals surface area contributed by atoms with Crippen LogP contribution in [-0.2, 0) is 14.8 Å². The molecule has 0 radical (unpaired) electrons. The number of carbonyl (C=O) groups excluding carboxylic acids is 1. The first-order valence-electron chi connectivity index (χ1n) is 10.2. The van der Waals surface area contributed by atoms with Crippen LogP contribution in [0.4, 0.5) is 5.69 Å². The maximum atomic E-state index is 12.8. The molecule has 3 rings (SSSR count). The number of benzene rings is 1. The highest BCUT2D eigenvalue weighted by Gasteiger charge is 2.29. The molecule has 1 aromatic heterocycles. The van der Waals surface area contributed by atoms with E-state index in [-0.39, 0.29) is 48.8 Å². The van der Waals surface area contributed by atoms with Crippen LogP contribution in [0.25, 0.3) is 0 Å². The summed E-state index contributed by atoms with van der Waals surface area (Å²) >= 11 is 0. The van der Waals surface area contributed by atoms with Gasteiger partial charge >= 0.3 is 5.69 Å². The minimum absolute atomic E-state index is 0.165. The number of Topliss-reactive ketones (excluding diaryl/α,β-unsaturated/α-hetero) is 1. The van der Waals surface area contributed by atoms with Crippen LogP contribution in [0, 0.1) is 24.0 Å². The Kier molecular flexibility index (Phi) is 7.01. The first-order chi connectivity index (χ1) is 15.0. The van der Waals surface area contributed by atoms with Gasteiger partial charge in [0.15, 0.2) is 12.4 Å². The van der Waals surface area contributed by atoms with Crippen LogP contribution in [0.5, 0.6) is 5.75 Å². The number of hydrogen-bond acceptors (Lipinski definition) is 7. The molecule has 0 N–H and O–H groups in total. The summed E-state index contributed by atoms with van der Waals surface area (Å²) in [5.41, 5.74) is 1.71. The molecule has 1 fully saturated rings. The van der Waals surface area contributed by atoms with E-state index in [0.717, 1.165) is 17.5 Å². The van der Waals surface area contributed by atoms with E-state index in [1.54, 1.807) is 6.07 Å². The first-order valence-corrected chi connectivity index (χ1v) is 11.7. The summed E-state index contributed by atoms with van der Waals surface area (Å²) in [6.45, 7) is 8.26. The summed E-state index contributed by atoms with van der Waals surface area (Å²) in [5, 5.41) is 11.6. The van der Waals surface area contributed by atoms with E-state index in [4.69, 9.17) is 9.47 Å². The molecule has 1 aliphatic rings. The van der Waals surface area contributed by atoms with E-state index < -0.39 is 27.2 Å². The van der Waals surface area contributed by atoms with Crippen molar-refractivity contribution in [1.29, 1.82) is 0 Å². The van der Waals surface area contributed by atoms with Gasteiger partial charge in [-0.25, -0.2) is 8.42 Å². The van der Waals surface area contributed by atoms with Crippen molar-refractivity contribution in [2.24, 2.45) is 0 Å². The van der Waals surface area contributed by atoms with Crippen LogP contribution in [0.2, 0.25) is 0 Å². The molecule has 11 heteroatoms. The van der Waals surface area contributed by atoms with E-state index in [2.05, 4.69) is 0 Å². The third-order valence-electron chi connectivity index (χ3n) is 5.39. The van der Waals surface area contributed by atoms with Gasteiger partial charge in [0.25, 0.3) is 0 Å². The molecule has 10 nitrogen and oxygen atoms in total. The molecule has 1 saturated heterocycles. The van der Waals surface area contributed by atoms with Crippen molar-refractivity contribution in [2.45, 2.75) is 38.6 Å². The molecule has 174 valence electrons. The Labute approximate surface area is 186 Å². The number of ether oxygens (including phenoxy) is 2. The van der Waals surface area contributed by atoms with E-state index in [1.165, 1.54) is 16.4 Å². The standard InChI is InChI=1S/C21H27N3O7S/c1-14(2)23-15(3)11-18(16(23)4)20(25)13-31-21-6-5-17(12-19(21)24(26)27)32(28,29)22-7-9-30-10-8-22/h5-6,11-12,14H,7-10,13H2,1-4H3. The molecule has 2 aromatic rings. The zero-order chi connectivity index (χ0) is 23.6. The smallest absolute Gasteiger partial charge is 0.312 e. The summed E-state index contributed by atoms with van der Waals surface area (Å²) < 4.78 is 39.5. The number of sulfonamides is 1.